The van der Waals surface area contributed by atoms with Gasteiger partial charge >= 0.3 is 5.97 Å². The molecule has 2 N–H and O–H groups in total. The van der Waals surface area contributed by atoms with Crippen LogP contribution in [0.5, 0.6) is 0 Å². The molecule has 12 heteroatoms. The third kappa shape index (κ3) is 6.89. The summed E-state index contributed by atoms with van der Waals surface area (Å²) in [5.41, 5.74) is -1.90. The Labute approximate surface area is 293 Å². The number of carbonyl (C=O) groups is 1. The van der Waals surface area contributed by atoms with Crippen LogP contribution in [0.4, 0.5) is 0 Å². The molecule has 5 heterocycles. The van der Waals surface area contributed by atoms with Gasteiger partial charge < -0.3 is 53.0 Å². The van der Waals surface area contributed by atoms with Gasteiger partial charge in [-0.1, -0.05) is 20.8 Å². The van der Waals surface area contributed by atoms with Gasteiger partial charge in [0.15, 0.2) is 18.4 Å². The first-order chi connectivity index (χ1) is 22.7. The highest BCUT2D eigenvalue weighted by Gasteiger charge is 2.65. The number of fused-ring (bicyclic) bond motifs is 2. The molecule has 0 aromatic heterocycles. The van der Waals surface area contributed by atoms with Crippen LogP contribution < -0.4 is 0 Å². The van der Waals surface area contributed by atoms with E-state index >= 15 is 0 Å². The summed E-state index contributed by atoms with van der Waals surface area (Å²) in [6.07, 6.45) is -2.44. The van der Waals surface area contributed by atoms with Crippen LogP contribution in [0.15, 0.2) is 11.6 Å². The molecule has 0 saturated carbocycles. The zero-order chi connectivity index (χ0) is 36.4. The maximum atomic E-state index is 14.2. The molecule has 5 aliphatic rings. The fourth-order valence-electron chi connectivity index (χ4n) is 9.37. The topological polar surface area (TPSA) is 135 Å². The van der Waals surface area contributed by atoms with Crippen molar-refractivity contribution in [2.75, 3.05) is 21.2 Å². The lowest BCUT2D eigenvalue weighted by molar-refractivity contribution is -0.337. The van der Waals surface area contributed by atoms with Gasteiger partial charge in [-0.2, -0.15) is 0 Å². The van der Waals surface area contributed by atoms with Crippen LogP contribution in [-0.4, -0.2) is 126 Å². The van der Waals surface area contributed by atoms with Crippen LogP contribution >= 0.6 is 0 Å². The number of hydrogen-bond acceptors (Lipinski definition) is 12. The fourth-order valence-corrected chi connectivity index (χ4v) is 9.37. The standard InChI is InChI=1S/C37H63NO11/c1-14-26-34(8)16-19(2)37(48-34)20(3)17-36(10,49-37)31(47-33-28(39)25(38(11)12)15-21(4)43-33)22(5)29(23(6)32(41)45-26)46-27-18-35(9,42-13)30(40)24(7)44-27/h16,20-31,33,39-40H,14-15,17-18H2,1-13H3/t20-,21-,22+,23-,24+,25+,26-,27?,28-,29+,30+,31-,33?,34?,35-,36?,37-/m1/s1. The smallest absolute Gasteiger partial charge is 0.311 e. The normalized spacial score (nSPS) is 52.4. The maximum Gasteiger partial charge on any atom is 0.311 e. The van der Waals surface area contributed by atoms with Crippen molar-refractivity contribution in [2.24, 2.45) is 17.8 Å². The van der Waals surface area contributed by atoms with E-state index in [4.69, 9.17) is 37.9 Å². The molecule has 1 spiro atoms. The summed E-state index contributed by atoms with van der Waals surface area (Å²) in [4.78, 5) is 16.2. The van der Waals surface area contributed by atoms with E-state index in [-0.39, 0.29) is 24.5 Å². The molecule has 4 unspecified atom stereocenters. The molecule has 282 valence electrons. The van der Waals surface area contributed by atoms with E-state index in [0.717, 1.165) is 5.57 Å². The van der Waals surface area contributed by atoms with Crippen LogP contribution in [0.25, 0.3) is 0 Å². The van der Waals surface area contributed by atoms with Gasteiger partial charge in [0.1, 0.15) is 23.9 Å². The second-order valence-corrected chi connectivity index (χ2v) is 16.4. The Morgan fingerprint density at radius 2 is 1.67 bits per heavy atom. The number of nitrogens with zero attached hydrogens (tertiary/aromatic N) is 1. The first-order valence-electron chi connectivity index (χ1n) is 18.2. The fraction of sp³-hybridized carbons (Fsp3) is 0.919. The van der Waals surface area contributed by atoms with E-state index in [1.54, 1.807) is 21.0 Å². The summed E-state index contributed by atoms with van der Waals surface area (Å²) in [6.45, 7) is 19.4. The molecule has 0 amide bonds. The van der Waals surface area contributed by atoms with E-state index in [2.05, 4.69) is 6.92 Å². The van der Waals surface area contributed by atoms with Crippen molar-refractivity contribution < 1.29 is 52.9 Å². The van der Waals surface area contributed by atoms with Crippen molar-refractivity contribution in [3.05, 3.63) is 11.6 Å². The minimum atomic E-state index is -1.07. The van der Waals surface area contributed by atoms with Gasteiger partial charge in [0.05, 0.1) is 41.5 Å². The first-order valence-corrected chi connectivity index (χ1v) is 18.2. The number of rotatable bonds is 7. The number of carbonyl (C=O) groups excluding carboxylic acids is 1. The van der Waals surface area contributed by atoms with Crippen LogP contribution in [0.2, 0.25) is 0 Å². The molecule has 0 aromatic carbocycles. The molecule has 4 fully saturated rings. The summed E-state index contributed by atoms with van der Waals surface area (Å²) in [6, 6.07) is -0.191. The number of ether oxygens (including phenoxy) is 8. The quantitative estimate of drug-likeness (QED) is 0.295. The van der Waals surface area contributed by atoms with Crippen molar-refractivity contribution in [1.29, 1.82) is 0 Å². The van der Waals surface area contributed by atoms with Crippen molar-refractivity contribution in [1.82, 2.24) is 4.90 Å². The van der Waals surface area contributed by atoms with Crippen LogP contribution in [0.1, 0.15) is 94.9 Å². The van der Waals surface area contributed by atoms with Gasteiger partial charge in [-0.25, -0.2) is 0 Å². The van der Waals surface area contributed by atoms with Crippen molar-refractivity contribution >= 4 is 5.97 Å². The van der Waals surface area contributed by atoms with E-state index in [9.17, 15) is 15.0 Å². The SMILES string of the molecule is CC[C@H]1OC(=O)[C@H](C)[C@@H](OC2C[C@@](C)(OC)[C@@H](O)[C@H](C)O2)[C@H](C)[C@@H](OC2O[C@H](C)C[C@H](N(C)C)[C@H]2O)C2(C)C[C@@H](C)[C@]3(OC1(C)C=C3C)O2. The van der Waals surface area contributed by atoms with Crippen LogP contribution in [0.3, 0.4) is 0 Å². The molecule has 0 aliphatic carbocycles. The van der Waals surface area contributed by atoms with E-state index in [1.807, 2.05) is 73.5 Å². The molecular formula is C37H63NO11. The largest absolute Gasteiger partial charge is 0.459 e. The molecule has 0 radical (unpaired) electrons. The average Bonchev–Trinajstić information content (AvgIpc) is 3.45. The molecule has 5 aliphatic heterocycles. The third-order valence-electron chi connectivity index (χ3n) is 12.2. The Morgan fingerprint density at radius 3 is 2.29 bits per heavy atom. The van der Waals surface area contributed by atoms with Gasteiger partial charge in [0, 0.05) is 31.4 Å². The highest BCUT2D eigenvalue weighted by molar-refractivity contribution is 5.73. The monoisotopic (exact) mass is 697 g/mol. The van der Waals surface area contributed by atoms with Gasteiger partial charge in [-0.3, -0.25) is 4.79 Å². The zero-order valence-electron chi connectivity index (χ0n) is 31.9. The summed E-state index contributed by atoms with van der Waals surface area (Å²) in [5.74, 6) is -2.88. The molecule has 49 heavy (non-hydrogen) atoms. The number of esters is 1. The Kier molecular flexibility index (Phi) is 11.1. The summed E-state index contributed by atoms with van der Waals surface area (Å²) in [7, 11) is 5.44. The summed E-state index contributed by atoms with van der Waals surface area (Å²) < 4.78 is 52.5. The zero-order valence-corrected chi connectivity index (χ0v) is 31.9. The lowest BCUT2D eigenvalue weighted by atomic mass is 9.78. The van der Waals surface area contributed by atoms with Crippen molar-refractivity contribution in [2.45, 2.75) is 179 Å². The highest BCUT2D eigenvalue weighted by atomic mass is 16.8. The van der Waals surface area contributed by atoms with Crippen LogP contribution in [0, 0.1) is 17.8 Å². The van der Waals surface area contributed by atoms with Crippen LogP contribution in [-0.2, 0) is 42.7 Å². The molecule has 5 rings (SSSR count). The minimum absolute atomic E-state index is 0.0864. The second kappa shape index (κ2) is 14.0. The van der Waals surface area contributed by atoms with Gasteiger partial charge in [0.25, 0.3) is 0 Å². The van der Waals surface area contributed by atoms with Crippen molar-refractivity contribution in [3.63, 3.8) is 0 Å². The number of cyclic esters (lactones) is 1. The van der Waals surface area contributed by atoms with Gasteiger partial charge in [0.2, 0.25) is 0 Å². The molecule has 12 nitrogen and oxygen atoms in total. The number of hydrogen-bond donors (Lipinski definition) is 2. The predicted octanol–water partition coefficient (Wildman–Crippen LogP) is 3.94. The minimum Gasteiger partial charge on any atom is -0.459 e. The lowest BCUT2D eigenvalue weighted by Crippen LogP contribution is -2.61. The Hall–Kier alpha value is -1.19. The van der Waals surface area contributed by atoms with Gasteiger partial charge in [-0.15, -0.1) is 0 Å². The number of likely N-dealkylation sites (N-methyl/N-ethyl adjacent to an activating group) is 1. The number of aliphatic hydroxyl groups is 2. The van der Waals surface area contributed by atoms with Crippen molar-refractivity contribution in [3.8, 4) is 0 Å². The number of aliphatic hydroxyl groups excluding tert-OH is 2. The second-order valence-electron chi connectivity index (χ2n) is 16.4. The Bertz CT molecular complexity index is 1230. The molecule has 3 bridgehead atoms. The number of methoxy groups -OCH3 is 1. The molecule has 0 aromatic rings. The molecular weight excluding hydrogens is 634 g/mol. The van der Waals surface area contributed by atoms with Gasteiger partial charge in [-0.05, 0) is 93.5 Å². The van der Waals surface area contributed by atoms with E-state index in [0.29, 0.717) is 19.3 Å². The highest BCUT2D eigenvalue weighted by Crippen LogP contribution is 2.56. The van der Waals surface area contributed by atoms with E-state index < -0.39 is 89.6 Å². The average molecular weight is 698 g/mol. The predicted molar refractivity (Wildman–Crippen MR) is 180 cm³/mol. The van der Waals surface area contributed by atoms with E-state index in [1.165, 1.54) is 0 Å². The summed E-state index contributed by atoms with van der Waals surface area (Å²) >= 11 is 0. The Morgan fingerprint density at radius 1 is 1.00 bits per heavy atom. The first kappa shape index (κ1) is 39.0. The lowest BCUT2D eigenvalue weighted by Gasteiger charge is -2.49. The Balaban J connectivity index is 1.60. The molecule has 4 saturated heterocycles. The maximum absolute atomic E-state index is 14.2. The third-order valence-corrected chi connectivity index (χ3v) is 12.2. The summed E-state index contributed by atoms with van der Waals surface area (Å²) in [5, 5.41) is 22.5. The molecule has 17 atom stereocenters.